The van der Waals surface area contributed by atoms with Crippen LogP contribution in [0, 0.1) is 17.8 Å². The molecule has 0 heterocycles. The van der Waals surface area contributed by atoms with Crippen molar-refractivity contribution in [2.75, 3.05) is 19.3 Å². The van der Waals surface area contributed by atoms with E-state index in [2.05, 4.69) is 0 Å². The van der Waals surface area contributed by atoms with Gasteiger partial charge in [-0.1, -0.05) is 29.6 Å². The molecule has 3 nitrogen and oxygen atoms in total. The maximum Gasteiger partial charge on any atom is 0.253 e. The molecular formula is C16H20Cl2N2O. The molecular weight excluding hydrogens is 307 g/mol. The molecule has 2 aliphatic rings. The summed E-state index contributed by atoms with van der Waals surface area (Å²) in [4.78, 5) is 14.3. The molecule has 2 N–H and O–H groups in total. The van der Waals surface area contributed by atoms with Gasteiger partial charge in [0, 0.05) is 19.2 Å². The lowest BCUT2D eigenvalue weighted by Crippen LogP contribution is -2.33. The van der Waals surface area contributed by atoms with Gasteiger partial charge in [-0.3, -0.25) is 4.79 Å². The maximum absolute atomic E-state index is 12.5. The third-order valence-electron chi connectivity index (χ3n) is 5.04. The molecule has 0 saturated heterocycles. The van der Waals surface area contributed by atoms with Crippen LogP contribution in [0.15, 0.2) is 12.1 Å². The molecule has 0 aromatic heterocycles. The van der Waals surface area contributed by atoms with Crippen molar-refractivity contribution in [3.8, 4) is 0 Å². The summed E-state index contributed by atoms with van der Waals surface area (Å²) in [5.41, 5.74) is 6.64. The number of benzene rings is 1. The van der Waals surface area contributed by atoms with Crippen LogP contribution in [0.4, 0.5) is 5.69 Å². The van der Waals surface area contributed by atoms with Gasteiger partial charge in [0.25, 0.3) is 5.91 Å². The van der Waals surface area contributed by atoms with Crippen molar-refractivity contribution in [2.45, 2.75) is 25.7 Å². The number of halogens is 2. The number of carbonyl (C=O) groups is 1. The number of hydrogen-bond donors (Lipinski definition) is 1. The van der Waals surface area contributed by atoms with E-state index in [9.17, 15) is 4.79 Å². The summed E-state index contributed by atoms with van der Waals surface area (Å²) in [7, 11) is 1.85. The molecule has 1 amide bonds. The molecule has 0 radical (unpaired) electrons. The smallest absolute Gasteiger partial charge is 0.253 e. The SMILES string of the molecule is CN(CC1CC2CCC1C2)C(=O)c1cc(N)c(Cl)c(Cl)c1. The zero-order valence-corrected chi connectivity index (χ0v) is 13.6. The Hall–Kier alpha value is -0.930. The number of hydrogen-bond acceptors (Lipinski definition) is 2. The average Bonchev–Trinajstić information content (AvgIpc) is 3.05. The molecule has 2 saturated carbocycles. The first kappa shape index (κ1) is 15.0. The molecule has 2 bridgehead atoms. The second-order valence-electron chi connectivity index (χ2n) is 6.48. The molecule has 2 fully saturated rings. The predicted octanol–water partition coefficient (Wildman–Crippen LogP) is 4.08. The van der Waals surface area contributed by atoms with Crippen molar-refractivity contribution in [3.63, 3.8) is 0 Å². The molecule has 21 heavy (non-hydrogen) atoms. The van der Waals surface area contributed by atoms with Gasteiger partial charge in [0.2, 0.25) is 0 Å². The molecule has 1 aromatic carbocycles. The van der Waals surface area contributed by atoms with Crippen LogP contribution in [0.5, 0.6) is 0 Å². The molecule has 5 heteroatoms. The second kappa shape index (κ2) is 5.69. The van der Waals surface area contributed by atoms with E-state index >= 15 is 0 Å². The zero-order chi connectivity index (χ0) is 15.1. The van der Waals surface area contributed by atoms with Crippen molar-refractivity contribution in [3.05, 3.63) is 27.7 Å². The number of rotatable bonds is 3. The summed E-state index contributed by atoms with van der Waals surface area (Å²) < 4.78 is 0. The Balaban J connectivity index is 1.70. The van der Waals surface area contributed by atoms with Gasteiger partial charge in [-0.05, 0) is 49.1 Å². The minimum atomic E-state index is -0.0389. The minimum absolute atomic E-state index is 0.0389. The van der Waals surface area contributed by atoms with Gasteiger partial charge in [0.05, 0.1) is 15.7 Å². The lowest BCUT2D eigenvalue weighted by atomic mass is 9.88. The van der Waals surface area contributed by atoms with Crippen molar-refractivity contribution < 1.29 is 4.79 Å². The number of fused-ring (bicyclic) bond motifs is 2. The number of carbonyl (C=O) groups excluding carboxylic acids is 1. The first-order chi connectivity index (χ1) is 9.95. The van der Waals surface area contributed by atoms with Gasteiger partial charge >= 0.3 is 0 Å². The largest absolute Gasteiger partial charge is 0.397 e. The maximum atomic E-state index is 12.5. The third kappa shape index (κ3) is 2.86. The average molecular weight is 327 g/mol. The van der Waals surface area contributed by atoms with Crippen LogP contribution in [0.25, 0.3) is 0 Å². The van der Waals surface area contributed by atoms with Crippen LogP contribution in [-0.4, -0.2) is 24.4 Å². The lowest BCUT2D eigenvalue weighted by Gasteiger charge is -2.27. The molecule has 3 unspecified atom stereocenters. The molecule has 114 valence electrons. The first-order valence-electron chi connectivity index (χ1n) is 7.45. The van der Waals surface area contributed by atoms with Gasteiger partial charge in [0.15, 0.2) is 0 Å². The fourth-order valence-electron chi connectivity index (χ4n) is 3.99. The highest BCUT2D eigenvalue weighted by atomic mass is 35.5. The van der Waals surface area contributed by atoms with E-state index in [-0.39, 0.29) is 5.91 Å². The van der Waals surface area contributed by atoms with Crippen molar-refractivity contribution in [2.24, 2.45) is 17.8 Å². The lowest BCUT2D eigenvalue weighted by molar-refractivity contribution is 0.0754. The Morgan fingerprint density at radius 3 is 2.67 bits per heavy atom. The quantitative estimate of drug-likeness (QED) is 0.850. The van der Waals surface area contributed by atoms with Gasteiger partial charge in [-0.2, -0.15) is 0 Å². The number of amides is 1. The van der Waals surface area contributed by atoms with Crippen LogP contribution in [0.3, 0.4) is 0 Å². The molecule has 3 atom stereocenters. The summed E-state index contributed by atoms with van der Waals surface area (Å²) in [6, 6.07) is 3.20. The van der Waals surface area contributed by atoms with Gasteiger partial charge in [0.1, 0.15) is 0 Å². The van der Waals surface area contributed by atoms with Gasteiger partial charge < -0.3 is 10.6 Å². The van der Waals surface area contributed by atoms with Crippen LogP contribution < -0.4 is 5.73 Å². The van der Waals surface area contributed by atoms with E-state index < -0.39 is 0 Å². The summed E-state index contributed by atoms with van der Waals surface area (Å²) in [5.74, 6) is 2.31. The van der Waals surface area contributed by atoms with Crippen LogP contribution >= 0.6 is 23.2 Å². The summed E-state index contributed by atoms with van der Waals surface area (Å²) >= 11 is 11.9. The highest BCUT2D eigenvalue weighted by molar-refractivity contribution is 6.43. The minimum Gasteiger partial charge on any atom is -0.397 e. The van der Waals surface area contributed by atoms with E-state index in [1.165, 1.54) is 25.7 Å². The molecule has 2 aliphatic carbocycles. The Bertz CT molecular complexity index is 552. The number of nitrogen functional groups attached to an aromatic ring is 1. The number of anilines is 1. The topological polar surface area (TPSA) is 46.3 Å². The van der Waals surface area contributed by atoms with Crippen LogP contribution in [0.2, 0.25) is 10.0 Å². The second-order valence-corrected chi connectivity index (χ2v) is 7.27. The van der Waals surface area contributed by atoms with Crippen LogP contribution in [0.1, 0.15) is 36.0 Å². The van der Waals surface area contributed by atoms with Crippen molar-refractivity contribution >= 4 is 34.8 Å². The fourth-order valence-corrected chi connectivity index (χ4v) is 4.32. The molecule has 0 aliphatic heterocycles. The predicted molar refractivity (Wildman–Crippen MR) is 86.8 cm³/mol. The van der Waals surface area contributed by atoms with Crippen molar-refractivity contribution in [1.29, 1.82) is 0 Å². The fraction of sp³-hybridized carbons (Fsp3) is 0.562. The molecule has 0 spiro atoms. The Kier molecular flexibility index (Phi) is 4.06. The monoisotopic (exact) mass is 326 g/mol. The Labute approximate surface area is 135 Å². The highest BCUT2D eigenvalue weighted by Crippen LogP contribution is 2.48. The van der Waals surface area contributed by atoms with Gasteiger partial charge in [-0.25, -0.2) is 0 Å². The standard InChI is InChI=1S/C16H20Cl2N2O/c1-20(8-12-5-9-2-3-10(12)4-9)16(21)11-6-13(17)15(18)14(19)7-11/h6-7,9-10,12H,2-5,8,19H2,1H3. The normalized spacial score (nSPS) is 27.1. The van der Waals surface area contributed by atoms with E-state index in [0.717, 1.165) is 18.4 Å². The van der Waals surface area contributed by atoms with E-state index in [0.29, 0.717) is 27.2 Å². The number of nitrogens with zero attached hydrogens (tertiary/aromatic N) is 1. The van der Waals surface area contributed by atoms with E-state index in [4.69, 9.17) is 28.9 Å². The van der Waals surface area contributed by atoms with Gasteiger partial charge in [-0.15, -0.1) is 0 Å². The highest BCUT2D eigenvalue weighted by Gasteiger charge is 2.40. The summed E-state index contributed by atoms with van der Waals surface area (Å²) in [5, 5.41) is 0.636. The Morgan fingerprint density at radius 1 is 1.33 bits per heavy atom. The molecule has 1 aromatic rings. The first-order valence-corrected chi connectivity index (χ1v) is 8.21. The zero-order valence-electron chi connectivity index (χ0n) is 12.1. The summed E-state index contributed by atoms with van der Waals surface area (Å²) in [6.07, 6.45) is 5.33. The van der Waals surface area contributed by atoms with Crippen LogP contribution in [-0.2, 0) is 0 Å². The Morgan fingerprint density at radius 2 is 2.10 bits per heavy atom. The summed E-state index contributed by atoms with van der Waals surface area (Å²) in [6.45, 7) is 0.820. The molecule has 3 rings (SSSR count). The van der Waals surface area contributed by atoms with E-state index in [1.807, 2.05) is 7.05 Å². The number of nitrogens with two attached hydrogens (primary N) is 1. The third-order valence-corrected chi connectivity index (χ3v) is 5.86. The van der Waals surface area contributed by atoms with Crippen molar-refractivity contribution in [1.82, 2.24) is 4.90 Å². The van der Waals surface area contributed by atoms with E-state index in [1.54, 1.807) is 17.0 Å².